The summed E-state index contributed by atoms with van der Waals surface area (Å²) < 4.78 is 3.95. The van der Waals surface area contributed by atoms with E-state index in [0.29, 0.717) is 24.6 Å². The van der Waals surface area contributed by atoms with E-state index in [1.54, 1.807) is 6.07 Å². The molecular formula is C22H31N5O3S. The van der Waals surface area contributed by atoms with Gasteiger partial charge in [0, 0.05) is 12.2 Å². The number of hydrogen-bond acceptors (Lipinski definition) is 6. The molecule has 1 aromatic heterocycles. The lowest BCUT2D eigenvalue weighted by Gasteiger charge is -2.32. The zero-order valence-electron chi connectivity index (χ0n) is 18.7. The number of hydrogen-bond donors (Lipinski definition) is 3. The van der Waals surface area contributed by atoms with Crippen LogP contribution in [0.2, 0.25) is 0 Å². The number of carbonyl (C=O) groups is 3. The van der Waals surface area contributed by atoms with E-state index in [4.69, 9.17) is 11.5 Å². The minimum absolute atomic E-state index is 0.0622. The van der Waals surface area contributed by atoms with Gasteiger partial charge in [0.1, 0.15) is 10.9 Å². The van der Waals surface area contributed by atoms with E-state index in [0.717, 1.165) is 29.1 Å². The highest BCUT2D eigenvalue weighted by molar-refractivity contribution is 7.09. The number of nitrogens with one attached hydrogen (secondary N) is 1. The standard InChI is InChI=1S/C22H31N5O3S/c1-6-15(21(29)25-11-10-12(2)3)27(16-9-7-8-13(4)14(16)5)22(30)19-17(23)18(20(24)28)26-31-19/h7-9,12,15H,6,10-11,23H2,1-5H3,(H2,24,28)(H,25,29)/t15-/m1/s1. The summed E-state index contributed by atoms with van der Waals surface area (Å²) in [6, 6.07) is 4.83. The molecule has 168 valence electrons. The number of nitrogens with zero attached hydrogens (tertiary/aromatic N) is 2. The minimum atomic E-state index is -0.801. The van der Waals surface area contributed by atoms with Crippen molar-refractivity contribution in [1.82, 2.24) is 9.69 Å². The Morgan fingerprint density at radius 1 is 1.23 bits per heavy atom. The van der Waals surface area contributed by atoms with Crippen molar-refractivity contribution in [2.45, 2.75) is 53.5 Å². The second-order valence-corrected chi connectivity index (χ2v) is 8.70. The number of anilines is 2. The quantitative estimate of drug-likeness (QED) is 0.546. The van der Waals surface area contributed by atoms with Gasteiger partial charge >= 0.3 is 0 Å². The highest BCUT2D eigenvalue weighted by Crippen LogP contribution is 2.31. The Hall–Kier alpha value is -2.94. The van der Waals surface area contributed by atoms with Crippen LogP contribution in [0.15, 0.2) is 18.2 Å². The molecule has 5 N–H and O–H groups in total. The van der Waals surface area contributed by atoms with Crippen LogP contribution >= 0.6 is 11.5 Å². The van der Waals surface area contributed by atoms with E-state index in [9.17, 15) is 14.4 Å². The zero-order valence-corrected chi connectivity index (χ0v) is 19.5. The van der Waals surface area contributed by atoms with Gasteiger partial charge in [0.15, 0.2) is 5.69 Å². The molecule has 1 heterocycles. The van der Waals surface area contributed by atoms with Gasteiger partial charge in [-0.1, -0.05) is 32.9 Å². The van der Waals surface area contributed by atoms with Gasteiger partial charge in [-0.25, -0.2) is 0 Å². The van der Waals surface area contributed by atoms with Crippen molar-refractivity contribution in [1.29, 1.82) is 0 Å². The number of rotatable bonds is 9. The average molecular weight is 446 g/mol. The second-order valence-electron chi connectivity index (χ2n) is 7.93. The summed E-state index contributed by atoms with van der Waals surface area (Å²) >= 11 is 0.808. The van der Waals surface area contributed by atoms with Crippen LogP contribution in [-0.4, -0.2) is 34.7 Å². The SMILES string of the molecule is CC[C@H](C(=O)NCCC(C)C)N(C(=O)c1snc(C(N)=O)c1N)c1cccc(C)c1C. The normalized spacial score (nSPS) is 11.9. The molecule has 0 aliphatic heterocycles. The van der Waals surface area contributed by atoms with Gasteiger partial charge < -0.3 is 16.8 Å². The van der Waals surface area contributed by atoms with Crippen LogP contribution in [0.25, 0.3) is 0 Å². The molecule has 0 bridgehead atoms. The van der Waals surface area contributed by atoms with Gasteiger partial charge in [-0.15, -0.1) is 0 Å². The molecule has 1 aromatic carbocycles. The van der Waals surface area contributed by atoms with E-state index in [1.165, 1.54) is 4.90 Å². The second kappa shape index (κ2) is 10.4. The first kappa shape index (κ1) is 24.3. The number of amides is 3. The Bertz CT molecular complexity index is 970. The van der Waals surface area contributed by atoms with Crippen LogP contribution in [0.4, 0.5) is 11.4 Å². The summed E-state index contributed by atoms with van der Waals surface area (Å²) in [6.45, 7) is 10.4. The van der Waals surface area contributed by atoms with Crippen LogP contribution in [0.1, 0.15) is 64.9 Å². The fourth-order valence-electron chi connectivity index (χ4n) is 3.24. The Kier molecular flexibility index (Phi) is 8.15. The minimum Gasteiger partial charge on any atom is -0.395 e. The summed E-state index contributed by atoms with van der Waals surface area (Å²) in [5.74, 6) is -1.08. The maximum Gasteiger partial charge on any atom is 0.272 e. The monoisotopic (exact) mass is 445 g/mol. The zero-order chi connectivity index (χ0) is 23.3. The number of aryl methyl sites for hydroxylation is 1. The van der Waals surface area contributed by atoms with Gasteiger partial charge in [0.25, 0.3) is 11.8 Å². The number of primary amides is 1. The van der Waals surface area contributed by atoms with Gasteiger partial charge in [0.2, 0.25) is 5.91 Å². The lowest BCUT2D eigenvalue weighted by Crippen LogP contribution is -2.50. The predicted molar refractivity (Wildman–Crippen MR) is 124 cm³/mol. The van der Waals surface area contributed by atoms with Crippen molar-refractivity contribution in [3.05, 3.63) is 39.9 Å². The molecule has 2 rings (SSSR count). The molecule has 0 aliphatic rings. The number of benzene rings is 1. The first-order valence-corrected chi connectivity index (χ1v) is 11.1. The van der Waals surface area contributed by atoms with Crippen molar-refractivity contribution in [3.63, 3.8) is 0 Å². The van der Waals surface area contributed by atoms with E-state index in [2.05, 4.69) is 23.5 Å². The third kappa shape index (κ3) is 5.41. The number of nitrogens with two attached hydrogens (primary N) is 2. The fourth-order valence-corrected chi connectivity index (χ4v) is 3.98. The Morgan fingerprint density at radius 2 is 1.90 bits per heavy atom. The van der Waals surface area contributed by atoms with Crippen LogP contribution in [0.5, 0.6) is 0 Å². The Morgan fingerprint density at radius 3 is 2.45 bits per heavy atom. The summed E-state index contributed by atoms with van der Waals surface area (Å²) in [5, 5.41) is 2.94. The maximum atomic E-state index is 13.6. The molecule has 0 unspecified atom stereocenters. The van der Waals surface area contributed by atoms with Gasteiger partial charge in [-0.05, 0) is 61.3 Å². The maximum absolute atomic E-state index is 13.6. The molecule has 0 radical (unpaired) electrons. The summed E-state index contributed by atoms with van der Waals surface area (Å²) in [6.07, 6.45) is 1.23. The average Bonchev–Trinajstić information content (AvgIpc) is 3.09. The van der Waals surface area contributed by atoms with Crippen LogP contribution in [-0.2, 0) is 4.79 Å². The molecule has 0 fully saturated rings. The van der Waals surface area contributed by atoms with Crippen LogP contribution in [0.3, 0.4) is 0 Å². The smallest absolute Gasteiger partial charge is 0.272 e. The van der Waals surface area contributed by atoms with E-state index in [1.807, 2.05) is 32.9 Å². The first-order chi connectivity index (χ1) is 14.6. The predicted octanol–water partition coefficient (Wildman–Crippen LogP) is 3.03. The highest BCUT2D eigenvalue weighted by atomic mass is 32.1. The first-order valence-electron chi connectivity index (χ1n) is 10.3. The fraction of sp³-hybridized carbons (Fsp3) is 0.455. The largest absolute Gasteiger partial charge is 0.395 e. The van der Waals surface area contributed by atoms with Gasteiger partial charge in [0.05, 0.1) is 5.69 Å². The molecule has 0 saturated carbocycles. The van der Waals surface area contributed by atoms with Crippen molar-refractivity contribution < 1.29 is 14.4 Å². The van der Waals surface area contributed by atoms with Crippen LogP contribution in [0, 0.1) is 19.8 Å². The lowest BCUT2D eigenvalue weighted by molar-refractivity contribution is -0.122. The molecule has 0 aliphatic carbocycles. The molecule has 3 amide bonds. The third-order valence-electron chi connectivity index (χ3n) is 5.23. The molecule has 2 aromatic rings. The molecule has 8 nitrogen and oxygen atoms in total. The summed E-state index contributed by atoms with van der Waals surface area (Å²) in [4.78, 5) is 39.8. The lowest BCUT2D eigenvalue weighted by atomic mass is 10.0. The topological polar surface area (TPSA) is 131 Å². The van der Waals surface area contributed by atoms with E-state index >= 15 is 0 Å². The van der Waals surface area contributed by atoms with Gasteiger partial charge in [-0.3, -0.25) is 19.3 Å². The Labute approximate surface area is 187 Å². The Balaban J connectivity index is 2.52. The molecule has 1 atom stereocenters. The van der Waals surface area contributed by atoms with Gasteiger partial charge in [-0.2, -0.15) is 4.37 Å². The molecule has 31 heavy (non-hydrogen) atoms. The number of nitrogen functional groups attached to an aromatic ring is 1. The van der Waals surface area contributed by atoms with E-state index < -0.39 is 17.9 Å². The highest BCUT2D eigenvalue weighted by Gasteiger charge is 2.34. The molecular weight excluding hydrogens is 414 g/mol. The van der Waals surface area contributed by atoms with Crippen LogP contribution < -0.4 is 21.7 Å². The summed E-state index contributed by atoms with van der Waals surface area (Å²) in [5.41, 5.74) is 13.6. The van der Waals surface area contributed by atoms with Crippen molar-refractivity contribution in [3.8, 4) is 0 Å². The van der Waals surface area contributed by atoms with E-state index in [-0.39, 0.29) is 22.2 Å². The summed E-state index contributed by atoms with van der Waals surface area (Å²) in [7, 11) is 0. The van der Waals surface area contributed by atoms with Crippen molar-refractivity contribution in [2.75, 3.05) is 17.2 Å². The molecule has 0 saturated heterocycles. The number of carbonyl (C=O) groups excluding carboxylic acids is 3. The molecule has 0 spiro atoms. The van der Waals surface area contributed by atoms with Crippen molar-refractivity contribution >= 4 is 40.6 Å². The number of aromatic nitrogens is 1. The van der Waals surface area contributed by atoms with Crippen molar-refractivity contribution in [2.24, 2.45) is 11.7 Å². The molecule has 9 heteroatoms. The third-order valence-corrected chi connectivity index (χ3v) is 6.08.